The Labute approximate surface area is 112 Å². The molecule has 1 atom stereocenters. The van der Waals surface area contributed by atoms with Crippen molar-refractivity contribution in [2.24, 2.45) is 5.92 Å². The third-order valence-electron chi connectivity index (χ3n) is 3.69. The fourth-order valence-electron chi connectivity index (χ4n) is 2.74. The van der Waals surface area contributed by atoms with Gasteiger partial charge in [-0.15, -0.1) is 0 Å². The molecule has 2 aliphatic heterocycles. The van der Waals surface area contributed by atoms with Gasteiger partial charge in [-0.25, -0.2) is 0 Å². The Morgan fingerprint density at radius 2 is 2.37 bits per heavy atom. The molecule has 1 fully saturated rings. The summed E-state index contributed by atoms with van der Waals surface area (Å²) >= 11 is 0. The summed E-state index contributed by atoms with van der Waals surface area (Å²) in [4.78, 5) is 14.4. The number of fused-ring (bicyclic) bond motifs is 1. The molecular formula is C14H18N2O3. The van der Waals surface area contributed by atoms with E-state index in [0.29, 0.717) is 23.0 Å². The second-order valence-corrected chi connectivity index (χ2v) is 5.00. The highest BCUT2D eigenvalue weighted by Gasteiger charge is 2.30. The Bertz CT molecular complexity index is 490. The maximum Gasteiger partial charge on any atom is 0.257 e. The van der Waals surface area contributed by atoms with Crippen molar-refractivity contribution in [3.63, 3.8) is 0 Å². The van der Waals surface area contributed by atoms with E-state index in [0.717, 1.165) is 26.1 Å². The van der Waals surface area contributed by atoms with Gasteiger partial charge in [0.15, 0.2) is 11.5 Å². The van der Waals surface area contributed by atoms with Crippen molar-refractivity contribution < 1.29 is 14.3 Å². The molecular weight excluding hydrogens is 244 g/mol. The number of para-hydroxylation sites is 1. The topological polar surface area (TPSA) is 50.8 Å². The summed E-state index contributed by atoms with van der Waals surface area (Å²) in [5.41, 5.74) is 0.611. The summed E-state index contributed by atoms with van der Waals surface area (Å²) < 4.78 is 10.7. The molecule has 0 bridgehead atoms. The van der Waals surface area contributed by atoms with E-state index in [1.165, 1.54) is 0 Å². The van der Waals surface area contributed by atoms with Crippen LogP contribution in [-0.4, -0.2) is 44.3 Å². The summed E-state index contributed by atoms with van der Waals surface area (Å²) in [6.07, 6.45) is 1.05. The van der Waals surface area contributed by atoms with E-state index in [4.69, 9.17) is 9.47 Å². The molecule has 2 heterocycles. The van der Waals surface area contributed by atoms with Crippen molar-refractivity contribution >= 4 is 5.91 Å². The highest BCUT2D eigenvalue weighted by Crippen LogP contribution is 2.36. The molecule has 1 N–H and O–H groups in total. The van der Waals surface area contributed by atoms with Crippen LogP contribution in [0.15, 0.2) is 18.2 Å². The Balaban J connectivity index is 1.77. The molecule has 0 radical (unpaired) electrons. The summed E-state index contributed by atoms with van der Waals surface area (Å²) in [5.74, 6) is 1.84. The van der Waals surface area contributed by atoms with Crippen LogP contribution < -0.4 is 14.8 Å². The van der Waals surface area contributed by atoms with E-state index in [1.807, 2.05) is 24.1 Å². The van der Waals surface area contributed by atoms with Gasteiger partial charge in [0.05, 0.1) is 5.56 Å². The fourth-order valence-corrected chi connectivity index (χ4v) is 2.74. The van der Waals surface area contributed by atoms with Crippen LogP contribution >= 0.6 is 0 Å². The first-order valence-electron chi connectivity index (χ1n) is 6.62. The van der Waals surface area contributed by atoms with Crippen LogP contribution in [0.1, 0.15) is 16.8 Å². The molecule has 102 valence electrons. The highest BCUT2D eigenvalue weighted by molar-refractivity contribution is 5.98. The minimum absolute atomic E-state index is 0.0425. The zero-order valence-corrected chi connectivity index (χ0v) is 11.0. The Morgan fingerprint density at radius 1 is 1.47 bits per heavy atom. The van der Waals surface area contributed by atoms with E-state index >= 15 is 0 Å². The second kappa shape index (κ2) is 5.09. The van der Waals surface area contributed by atoms with Crippen molar-refractivity contribution in [2.75, 3.05) is 33.5 Å². The lowest BCUT2D eigenvalue weighted by Gasteiger charge is -2.17. The molecule has 1 aromatic carbocycles. The van der Waals surface area contributed by atoms with Crippen LogP contribution in [0.3, 0.4) is 0 Å². The van der Waals surface area contributed by atoms with Crippen molar-refractivity contribution in [3.05, 3.63) is 23.8 Å². The third kappa shape index (κ3) is 2.26. The van der Waals surface area contributed by atoms with Crippen LogP contribution in [0.25, 0.3) is 0 Å². The van der Waals surface area contributed by atoms with Gasteiger partial charge >= 0.3 is 0 Å². The van der Waals surface area contributed by atoms with E-state index < -0.39 is 0 Å². The van der Waals surface area contributed by atoms with Crippen LogP contribution in [0.2, 0.25) is 0 Å². The fraction of sp³-hybridized carbons (Fsp3) is 0.500. The van der Waals surface area contributed by atoms with Gasteiger partial charge in [0.2, 0.25) is 6.79 Å². The van der Waals surface area contributed by atoms with Gasteiger partial charge in [0.25, 0.3) is 5.91 Å². The molecule has 2 aliphatic rings. The SMILES string of the molecule is CNCC1CCN(C(=O)c2cccc3c2OCO3)C1. The number of nitrogens with zero attached hydrogens (tertiary/aromatic N) is 1. The van der Waals surface area contributed by atoms with Crippen LogP contribution in [-0.2, 0) is 0 Å². The van der Waals surface area contributed by atoms with Crippen molar-refractivity contribution in [3.8, 4) is 11.5 Å². The van der Waals surface area contributed by atoms with Gasteiger partial charge in [-0.1, -0.05) is 6.07 Å². The lowest BCUT2D eigenvalue weighted by molar-refractivity contribution is 0.0782. The maximum atomic E-state index is 12.5. The number of hydrogen-bond acceptors (Lipinski definition) is 4. The molecule has 0 spiro atoms. The molecule has 3 rings (SSSR count). The maximum absolute atomic E-state index is 12.5. The summed E-state index contributed by atoms with van der Waals surface area (Å²) in [6.45, 7) is 2.78. The third-order valence-corrected chi connectivity index (χ3v) is 3.69. The van der Waals surface area contributed by atoms with Crippen molar-refractivity contribution in [1.29, 1.82) is 0 Å². The average Bonchev–Trinajstić information content (AvgIpc) is 3.06. The first-order valence-corrected chi connectivity index (χ1v) is 6.62. The lowest BCUT2D eigenvalue weighted by atomic mass is 10.1. The molecule has 5 heteroatoms. The molecule has 5 nitrogen and oxygen atoms in total. The van der Waals surface area contributed by atoms with E-state index in [2.05, 4.69) is 5.32 Å². The standard InChI is InChI=1S/C14H18N2O3/c1-15-7-10-5-6-16(8-10)14(17)11-3-2-4-12-13(11)19-9-18-12/h2-4,10,15H,5-9H2,1H3. The highest BCUT2D eigenvalue weighted by atomic mass is 16.7. The van der Waals surface area contributed by atoms with Crippen molar-refractivity contribution in [1.82, 2.24) is 10.2 Å². The number of ether oxygens (including phenoxy) is 2. The van der Waals surface area contributed by atoms with Crippen molar-refractivity contribution in [2.45, 2.75) is 6.42 Å². The van der Waals surface area contributed by atoms with E-state index in [-0.39, 0.29) is 12.7 Å². The molecule has 1 saturated heterocycles. The minimum atomic E-state index is 0.0425. The van der Waals surface area contributed by atoms with Crippen LogP contribution in [0.4, 0.5) is 0 Å². The van der Waals surface area contributed by atoms with Gasteiger partial charge in [-0.05, 0) is 38.1 Å². The predicted molar refractivity (Wildman–Crippen MR) is 70.5 cm³/mol. The van der Waals surface area contributed by atoms with E-state index in [9.17, 15) is 4.79 Å². The van der Waals surface area contributed by atoms with Crippen LogP contribution in [0, 0.1) is 5.92 Å². The number of carbonyl (C=O) groups is 1. The smallest absolute Gasteiger partial charge is 0.257 e. The number of rotatable bonds is 3. The van der Waals surface area contributed by atoms with E-state index in [1.54, 1.807) is 6.07 Å². The zero-order valence-electron chi connectivity index (χ0n) is 11.0. The number of hydrogen-bond donors (Lipinski definition) is 1. The Kier molecular flexibility index (Phi) is 3.29. The largest absolute Gasteiger partial charge is 0.454 e. The number of amides is 1. The lowest BCUT2D eigenvalue weighted by Crippen LogP contribution is -2.30. The Morgan fingerprint density at radius 3 is 3.21 bits per heavy atom. The molecule has 19 heavy (non-hydrogen) atoms. The molecule has 0 aromatic heterocycles. The normalized spacial score (nSPS) is 20.9. The first kappa shape index (κ1) is 12.3. The summed E-state index contributed by atoms with van der Waals surface area (Å²) in [5, 5.41) is 3.17. The quantitative estimate of drug-likeness (QED) is 0.886. The number of nitrogens with one attached hydrogen (secondary N) is 1. The number of carbonyl (C=O) groups excluding carboxylic acids is 1. The number of benzene rings is 1. The summed E-state index contributed by atoms with van der Waals surface area (Å²) in [6, 6.07) is 5.47. The van der Waals surface area contributed by atoms with Gasteiger partial charge in [-0.3, -0.25) is 4.79 Å². The van der Waals surface area contributed by atoms with Gasteiger partial charge in [0, 0.05) is 13.1 Å². The number of likely N-dealkylation sites (tertiary alicyclic amines) is 1. The molecule has 1 aromatic rings. The Hall–Kier alpha value is -1.75. The second-order valence-electron chi connectivity index (χ2n) is 5.00. The van der Waals surface area contributed by atoms with Gasteiger partial charge in [0.1, 0.15) is 0 Å². The zero-order chi connectivity index (χ0) is 13.2. The summed E-state index contributed by atoms with van der Waals surface area (Å²) in [7, 11) is 1.94. The molecule has 1 amide bonds. The van der Waals surface area contributed by atoms with Crippen LogP contribution in [0.5, 0.6) is 11.5 Å². The molecule has 0 saturated carbocycles. The average molecular weight is 262 g/mol. The van der Waals surface area contributed by atoms with Gasteiger partial charge in [-0.2, -0.15) is 0 Å². The minimum Gasteiger partial charge on any atom is -0.454 e. The van der Waals surface area contributed by atoms with Gasteiger partial charge < -0.3 is 19.7 Å². The first-order chi connectivity index (χ1) is 9.29. The molecule has 1 unspecified atom stereocenters. The predicted octanol–water partition coefficient (Wildman–Crippen LogP) is 1.10. The molecule has 0 aliphatic carbocycles. The monoisotopic (exact) mass is 262 g/mol.